The Labute approximate surface area is 215 Å². The Balaban J connectivity index is 1.38. The molecular formula is C35H24N2. The first-order valence-corrected chi connectivity index (χ1v) is 12.6. The van der Waals surface area contributed by atoms with Gasteiger partial charge in [-0.15, -0.1) is 0 Å². The number of aromatic nitrogens is 2. The van der Waals surface area contributed by atoms with Gasteiger partial charge in [0.05, 0.1) is 11.9 Å². The molecule has 0 unspecified atom stereocenters. The van der Waals surface area contributed by atoms with Crippen molar-refractivity contribution in [2.24, 2.45) is 0 Å². The van der Waals surface area contributed by atoms with Crippen LogP contribution in [0.4, 0.5) is 0 Å². The van der Waals surface area contributed by atoms with E-state index >= 15 is 0 Å². The Morgan fingerprint density at radius 2 is 0.784 bits per heavy atom. The Bertz CT molecular complexity index is 1790. The standard InChI is InChI=1S/C35H24N2/c1-3-11-25(12-4-1)33-28-15-7-9-17-30(28)34(31-18-10-8-16-29(31)33)26-21-19-24(20-22-26)32-23-36-35(37-32)27-13-5-2-6-14-27/h1-23H,(H,36,37). The second kappa shape index (κ2) is 8.92. The second-order valence-corrected chi connectivity index (χ2v) is 9.30. The minimum Gasteiger partial charge on any atom is -0.338 e. The van der Waals surface area contributed by atoms with Crippen molar-refractivity contribution in [2.45, 2.75) is 0 Å². The SMILES string of the molecule is c1ccc(-c2ncc(-c3ccc(-c4c5ccccc5c(-c5ccccc5)c5ccccc45)cc3)[nH]2)cc1. The second-order valence-electron chi connectivity index (χ2n) is 9.30. The van der Waals surface area contributed by atoms with E-state index in [9.17, 15) is 0 Å². The first kappa shape index (κ1) is 21.3. The average molecular weight is 473 g/mol. The van der Waals surface area contributed by atoms with Crippen molar-refractivity contribution in [1.29, 1.82) is 0 Å². The molecule has 2 heteroatoms. The van der Waals surface area contributed by atoms with Gasteiger partial charge in [-0.1, -0.05) is 133 Å². The molecule has 0 bridgehead atoms. The molecule has 0 saturated carbocycles. The molecular weight excluding hydrogens is 448 g/mol. The van der Waals surface area contributed by atoms with Gasteiger partial charge in [-0.25, -0.2) is 4.98 Å². The van der Waals surface area contributed by atoms with Crippen molar-refractivity contribution in [3.8, 4) is 44.9 Å². The minimum atomic E-state index is 0.883. The molecule has 0 fully saturated rings. The molecule has 7 rings (SSSR count). The highest BCUT2D eigenvalue weighted by Crippen LogP contribution is 2.43. The van der Waals surface area contributed by atoms with E-state index in [1.54, 1.807) is 0 Å². The van der Waals surface area contributed by atoms with Gasteiger partial charge in [-0.3, -0.25) is 0 Å². The molecule has 7 aromatic rings. The van der Waals surface area contributed by atoms with Crippen molar-refractivity contribution in [2.75, 3.05) is 0 Å². The summed E-state index contributed by atoms with van der Waals surface area (Å²) in [5, 5.41) is 5.07. The molecule has 0 aliphatic rings. The lowest BCUT2D eigenvalue weighted by Crippen LogP contribution is -1.90. The number of H-pyrrole nitrogens is 1. The summed E-state index contributed by atoms with van der Waals surface area (Å²) in [5.74, 6) is 0.883. The van der Waals surface area contributed by atoms with Crippen molar-refractivity contribution < 1.29 is 0 Å². The van der Waals surface area contributed by atoms with Gasteiger partial charge >= 0.3 is 0 Å². The highest BCUT2D eigenvalue weighted by molar-refractivity contribution is 6.21. The van der Waals surface area contributed by atoms with E-state index in [0.717, 1.165) is 22.6 Å². The average Bonchev–Trinajstić information content (AvgIpc) is 3.47. The molecule has 0 amide bonds. The summed E-state index contributed by atoms with van der Waals surface area (Å²) in [6.45, 7) is 0. The van der Waals surface area contributed by atoms with Crippen molar-refractivity contribution >= 4 is 21.5 Å². The number of hydrogen-bond acceptors (Lipinski definition) is 1. The first-order chi connectivity index (χ1) is 18.4. The van der Waals surface area contributed by atoms with E-state index in [-0.39, 0.29) is 0 Å². The predicted octanol–water partition coefficient (Wildman–Crippen LogP) is 9.38. The zero-order valence-corrected chi connectivity index (χ0v) is 20.2. The van der Waals surface area contributed by atoms with E-state index < -0.39 is 0 Å². The number of rotatable bonds is 4. The van der Waals surface area contributed by atoms with Crippen LogP contribution >= 0.6 is 0 Å². The van der Waals surface area contributed by atoms with Gasteiger partial charge in [0.15, 0.2) is 0 Å². The first-order valence-electron chi connectivity index (χ1n) is 12.6. The number of nitrogens with one attached hydrogen (secondary N) is 1. The third-order valence-electron chi connectivity index (χ3n) is 7.10. The normalized spacial score (nSPS) is 11.2. The number of benzene rings is 6. The molecule has 6 aromatic carbocycles. The molecule has 0 radical (unpaired) electrons. The Kier molecular flexibility index (Phi) is 5.15. The van der Waals surface area contributed by atoms with Crippen LogP contribution in [0.2, 0.25) is 0 Å². The third-order valence-corrected chi connectivity index (χ3v) is 7.10. The molecule has 0 spiro atoms. The molecule has 1 aromatic heterocycles. The topological polar surface area (TPSA) is 28.7 Å². The number of hydrogen-bond donors (Lipinski definition) is 1. The van der Waals surface area contributed by atoms with E-state index in [1.165, 1.54) is 43.8 Å². The summed E-state index contributed by atoms with van der Waals surface area (Å²) in [7, 11) is 0. The van der Waals surface area contributed by atoms with Gasteiger partial charge in [0, 0.05) is 5.56 Å². The number of nitrogens with zero attached hydrogens (tertiary/aromatic N) is 1. The Morgan fingerprint density at radius 3 is 1.30 bits per heavy atom. The summed E-state index contributed by atoms with van der Waals surface area (Å²) < 4.78 is 0. The Morgan fingerprint density at radius 1 is 0.378 bits per heavy atom. The summed E-state index contributed by atoms with van der Waals surface area (Å²) in [6.07, 6.45) is 1.91. The maximum atomic E-state index is 4.61. The molecule has 0 atom stereocenters. The van der Waals surface area contributed by atoms with Gasteiger partial charge in [-0.2, -0.15) is 0 Å². The molecule has 0 saturated heterocycles. The van der Waals surface area contributed by atoms with Crippen molar-refractivity contribution in [1.82, 2.24) is 9.97 Å². The van der Waals surface area contributed by atoms with Crippen LogP contribution in [0.15, 0.2) is 140 Å². The highest BCUT2D eigenvalue weighted by atomic mass is 14.9. The lowest BCUT2D eigenvalue weighted by atomic mass is 9.86. The lowest BCUT2D eigenvalue weighted by Gasteiger charge is -2.17. The zero-order chi connectivity index (χ0) is 24.6. The molecule has 0 aliphatic carbocycles. The summed E-state index contributed by atoms with van der Waals surface area (Å²) >= 11 is 0. The summed E-state index contributed by atoms with van der Waals surface area (Å²) in [6, 6.07) is 47.3. The fourth-order valence-electron chi connectivity index (χ4n) is 5.38. The maximum absolute atomic E-state index is 4.61. The van der Waals surface area contributed by atoms with Crippen LogP contribution in [0.3, 0.4) is 0 Å². The van der Waals surface area contributed by atoms with Crippen molar-refractivity contribution in [3.63, 3.8) is 0 Å². The largest absolute Gasteiger partial charge is 0.338 e. The fourth-order valence-corrected chi connectivity index (χ4v) is 5.38. The monoisotopic (exact) mass is 472 g/mol. The van der Waals surface area contributed by atoms with Gasteiger partial charge < -0.3 is 4.98 Å². The smallest absolute Gasteiger partial charge is 0.137 e. The molecule has 1 N–H and O–H groups in total. The van der Waals surface area contributed by atoms with E-state index in [0.29, 0.717) is 0 Å². The van der Waals surface area contributed by atoms with Crippen LogP contribution in [0.5, 0.6) is 0 Å². The third kappa shape index (κ3) is 3.71. The van der Waals surface area contributed by atoms with Crippen LogP contribution in [-0.4, -0.2) is 9.97 Å². The van der Waals surface area contributed by atoms with E-state index in [2.05, 4.69) is 125 Å². The minimum absolute atomic E-state index is 0.883. The maximum Gasteiger partial charge on any atom is 0.137 e. The molecule has 174 valence electrons. The number of fused-ring (bicyclic) bond motifs is 2. The van der Waals surface area contributed by atoms with Crippen LogP contribution in [0, 0.1) is 0 Å². The summed E-state index contributed by atoms with van der Waals surface area (Å²) in [4.78, 5) is 8.09. The Hall–Kier alpha value is -4.95. The molecule has 2 nitrogen and oxygen atoms in total. The van der Waals surface area contributed by atoms with Crippen LogP contribution < -0.4 is 0 Å². The fraction of sp³-hybridized carbons (Fsp3) is 0. The molecule has 1 heterocycles. The van der Waals surface area contributed by atoms with Crippen LogP contribution in [-0.2, 0) is 0 Å². The zero-order valence-electron chi connectivity index (χ0n) is 20.2. The van der Waals surface area contributed by atoms with Gasteiger partial charge in [0.25, 0.3) is 0 Å². The van der Waals surface area contributed by atoms with Gasteiger partial charge in [-0.05, 0) is 49.4 Å². The number of imidazole rings is 1. The molecule has 37 heavy (non-hydrogen) atoms. The van der Waals surface area contributed by atoms with Crippen molar-refractivity contribution in [3.05, 3.63) is 140 Å². The lowest BCUT2D eigenvalue weighted by molar-refractivity contribution is 1.31. The van der Waals surface area contributed by atoms with E-state index in [1.807, 2.05) is 24.4 Å². The highest BCUT2D eigenvalue weighted by Gasteiger charge is 2.16. The summed E-state index contributed by atoms with van der Waals surface area (Å²) in [5.41, 5.74) is 8.23. The predicted molar refractivity (Wildman–Crippen MR) is 155 cm³/mol. The van der Waals surface area contributed by atoms with Gasteiger partial charge in [0.2, 0.25) is 0 Å². The van der Waals surface area contributed by atoms with Crippen LogP contribution in [0.25, 0.3) is 66.4 Å². The number of aromatic amines is 1. The quantitative estimate of drug-likeness (QED) is 0.254. The van der Waals surface area contributed by atoms with Gasteiger partial charge in [0.1, 0.15) is 5.82 Å². The molecule has 0 aliphatic heterocycles. The van der Waals surface area contributed by atoms with E-state index in [4.69, 9.17) is 0 Å². The van der Waals surface area contributed by atoms with Crippen LogP contribution in [0.1, 0.15) is 0 Å².